The van der Waals surface area contributed by atoms with Gasteiger partial charge in [0.2, 0.25) is 10.3 Å². The van der Waals surface area contributed by atoms with Crippen molar-refractivity contribution in [3.05, 3.63) is 23.8 Å². The van der Waals surface area contributed by atoms with E-state index < -0.39 is 10.3 Å². The van der Waals surface area contributed by atoms with Gasteiger partial charge in [-0.25, -0.2) is 0 Å². The first-order chi connectivity index (χ1) is 5.24. The number of aldehydes is 1. The van der Waals surface area contributed by atoms with Gasteiger partial charge in [-0.15, -0.1) is 0 Å². The van der Waals surface area contributed by atoms with Gasteiger partial charge in [-0.1, -0.05) is 12.2 Å². The Kier molecular flexibility index (Phi) is 2.38. The summed E-state index contributed by atoms with van der Waals surface area (Å²) in [7, 11) is -2.19. The van der Waals surface area contributed by atoms with Crippen LogP contribution >= 0.6 is 0 Å². The minimum absolute atomic E-state index is 0.218. The van der Waals surface area contributed by atoms with Gasteiger partial charge in [-0.05, 0) is 11.6 Å². The molecule has 0 heterocycles. The highest BCUT2D eigenvalue weighted by molar-refractivity contribution is 7.73. The summed E-state index contributed by atoms with van der Waals surface area (Å²) in [4.78, 5) is 10.5. The Bertz CT molecular complexity index is 349. The molecule has 0 amide bonds. The van der Waals surface area contributed by atoms with Crippen molar-refractivity contribution in [3.8, 4) is 0 Å². The molecule has 0 aromatic heterocycles. The topological polar surface area (TPSA) is 51.2 Å². The highest BCUT2D eigenvalue weighted by atomic mass is 32.2. The zero-order valence-corrected chi connectivity index (χ0v) is 6.47. The van der Waals surface area contributed by atoms with Gasteiger partial charge < -0.3 is 0 Å². The Labute approximate surface area is 65.6 Å². The highest BCUT2D eigenvalue weighted by Gasteiger charge is 2.04. The molecule has 0 unspecified atom stereocenters. The fourth-order valence-electron chi connectivity index (χ4n) is 0.794. The standard InChI is InChI=1S/C7H6O3S/c8-5-6-2-1-3-7(4-6)11(9)10/h1-3,5H,4H2. The first-order valence-electron chi connectivity index (χ1n) is 3.01. The average Bonchev–Trinajstić information content (AvgIpc) is 2.05. The fourth-order valence-corrected chi connectivity index (χ4v) is 1.27. The molecule has 1 rings (SSSR count). The second-order valence-electron chi connectivity index (χ2n) is 2.10. The molecule has 3 nitrogen and oxygen atoms in total. The fraction of sp³-hybridized carbons (Fsp3) is 0.143. The summed E-state index contributed by atoms with van der Waals surface area (Å²) in [6, 6.07) is 0. The molecular formula is C7H6O3S. The zero-order valence-electron chi connectivity index (χ0n) is 5.65. The number of rotatable bonds is 1. The van der Waals surface area contributed by atoms with Gasteiger partial charge in [-0.3, -0.25) is 4.79 Å². The summed E-state index contributed by atoms with van der Waals surface area (Å²) in [6.45, 7) is 0. The third kappa shape index (κ3) is 1.88. The first-order valence-corrected chi connectivity index (χ1v) is 4.09. The molecule has 11 heavy (non-hydrogen) atoms. The van der Waals surface area contributed by atoms with Crippen LogP contribution in [0.2, 0.25) is 0 Å². The number of carbonyl (C=O) groups excluding carboxylic acids is 1. The van der Waals surface area contributed by atoms with E-state index in [1.165, 1.54) is 6.08 Å². The van der Waals surface area contributed by atoms with Crippen LogP contribution in [0.5, 0.6) is 0 Å². The van der Waals surface area contributed by atoms with Crippen LogP contribution in [-0.2, 0) is 15.1 Å². The van der Waals surface area contributed by atoms with Gasteiger partial charge in [-0.2, -0.15) is 8.42 Å². The molecule has 0 N–H and O–H groups in total. The summed E-state index contributed by atoms with van der Waals surface area (Å²) in [5, 5.41) is 0. The predicted molar refractivity (Wildman–Crippen MR) is 41.8 cm³/mol. The van der Waals surface area contributed by atoms with Crippen molar-refractivity contribution in [2.24, 2.45) is 0 Å². The number of hydrogen-bond donors (Lipinski definition) is 0. The van der Waals surface area contributed by atoms with E-state index >= 15 is 0 Å². The van der Waals surface area contributed by atoms with Crippen LogP contribution in [0.15, 0.2) is 23.8 Å². The SMILES string of the molecule is O=CC1=CC=CC(=S(=O)=O)C1. The van der Waals surface area contributed by atoms with Crippen LogP contribution in [0, 0.1) is 0 Å². The van der Waals surface area contributed by atoms with Crippen LogP contribution in [0.3, 0.4) is 0 Å². The second-order valence-corrected chi connectivity index (χ2v) is 3.09. The van der Waals surface area contributed by atoms with Gasteiger partial charge in [0, 0.05) is 6.42 Å². The van der Waals surface area contributed by atoms with Crippen molar-refractivity contribution in [2.45, 2.75) is 6.42 Å². The van der Waals surface area contributed by atoms with Crippen LogP contribution in [0.1, 0.15) is 6.42 Å². The average molecular weight is 170 g/mol. The zero-order chi connectivity index (χ0) is 8.27. The molecule has 0 fully saturated rings. The molecule has 0 saturated carbocycles. The normalized spacial score (nSPS) is 16.0. The molecule has 0 spiro atoms. The molecular weight excluding hydrogens is 164 g/mol. The van der Waals surface area contributed by atoms with Crippen LogP contribution in [0.25, 0.3) is 0 Å². The smallest absolute Gasteiger partial charge is 0.217 e. The second kappa shape index (κ2) is 3.30. The third-order valence-electron chi connectivity index (χ3n) is 1.34. The molecule has 0 radical (unpaired) electrons. The van der Waals surface area contributed by atoms with Gasteiger partial charge in [0.05, 0.1) is 4.86 Å². The van der Waals surface area contributed by atoms with Crippen molar-refractivity contribution in [2.75, 3.05) is 0 Å². The number of allylic oxidation sites excluding steroid dienone is 4. The van der Waals surface area contributed by atoms with Gasteiger partial charge in [0.1, 0.15) is 6.29 Å². The molecule has 0 aromatic rings. The maximum atomic E-state index is 10.4. The lowest BCUT2D eigenvalue weighted by Gasteiger charge is -1.99. The van der Waals surface area contributed by atoms with E-state index in [1.807, 2.05) is 0 Å². The van der Waals surface area contributed by atoms with E-state index in [0.717, 1.165) is 0 Å². The Morgan fingerprint density at radius 3 is 2.73 bits per heavy atom. The van der Waals surface area contributed by atoms with Gasteiger partial charge >= 0.3 is 0 Å². The van der Waals surface area contributed by atoms with E-state index in [4.69, 9.17) is 0 Å². The Balaban J connectivity index is 3.05. The molecule has 1 aliphatic carbocycles. The van der Waals surface area contributed by atoms with Crippen molar-refractivity contribution < 1.29 is 13.2 Å². The number of carbonyl (C=O) groups is 1. The largest absolute Gasteiger partial charge is 0.298 e. The Morgan fingerprint density at radius 2 is 2.18 bits per heavy atom. The lowest BCUT2D eigenvalue weighted by atomic mass is 10.1. The summed E-state index contributed by atoms with van der Waals surface area (Å²) < 4.78 is 20.8. The van der Waals surface area contributed by atoms with Crippen LogP contribution in [-0.4, -0.2) is 19.6 Å². The predicted octanol–water partition coefficient (Wildman–Crippen LogP) is 0.123. The van der Waals surface area contributed by atoms with Gasteiger partial charge in [0.15, 0.2) is 0 Å². The van der Waals surface area contributed by atoms with E-state index in [2.05, 4.69) is 0 Å². The van der Waals surface area contributed by atoms with Crippen molar-refractivity contribution in [1.82, 2.24) is 0 Å². The summed E-state index contributed by atoms with van der Waals surface area (Å²) in [5.74, 6) is 0. The summed E-state index contributed by atoms with van der Waals surface area (Å²) in [6.07, 6.45) is 5.52. The van der Waals surface area contributed by atoms with E-state index in [1.54, 1.807) is 12.2 Å². The molecule has 0 aliphatic heterocycles. The molecule has 0 aromatic carbocycles. The highest BCUT2D eigenvalue weighted by Crippen LogP contribution is 2.05. The molecule has 0 atom stereocenters. The molecule has 0 bridgehead atoms. The van der Waals surface area contributed by atoms with Crippen LogP contribution < -0.4 is 0 Å². The number of hydrogen-bond acceptors (Lipinski definition) is 3. The Morgan fingerprint density at radius 1 is 1.45 bits per heavy atom. The van der Waals surface area contributed by atoms with E-state index in [9.17, 15) is 13.2 Å². The Hall–Kier alpha value is -1.16. The third-order valence-corrected chi connectivity index (χ3v) is 2.04. The van der Waals surface area contributed by atoms with Crippen molar-refractivity contribution in [1.29, 1.82) is 0 Å². The van der Waals surface area contributed by atoms with Crippen molar-refractivity contribution >= 4 is 21.4 Å². The molecule has 0 saturated heterocycles. The van der Waals surface area contributed by atoms with E-state index in [0.29, 0.717) is 11.9 Å². The summed E-state index contributed by atoms with van der Waals surface area (Å²) in [5.41, 5.74) is 0.492. The van der Waals surface area contributed by atoms with E-state index in [-0.39, 0.29) is 11.3 Å². The lowest BCUT2D eigenvalue weighted by molar-refractivity contribution is -0.104. The maximum absolute atomic E-state index is 10.4. The first kappa shape index (κ1) is 7.94. The minimum Gasteiger partial charge on any atom is -0.298 e. The molecule has 1 aliphatic rings. The minimum atomic E-state index is -2.19. The lowest BCUT2D eigenvalue weighted by Crippen LogP contribution is -2.02. The van der Waals surface area contributed by atoms with Crippen molar-refractivity contribution in [3.63, 3.8) is 0 Å². The quantitative estimate of drug-likeness (QED) is 0.415. The van der Waals surface area contributed by atoms with Crippen LogP contribution in [0.4, 0.5) is 0 Å². The molecule has 58 valence electrons. The van der Waals surface area contributed by atoms with Gasteiger partial charge in [0.25, 0.3) is 0 Å². The monoisotopic (exact) mass is 170 g/mol. The summed E-state index contributed by atoms with van der Waals surface area (Å²) >= 11 is 0. The maximum Gasteiger partial charge on any atom is 0.217 e. The molecule has 4 heteroatoms.